The summed E-state index contributed by atoms with van der Waals surface area (Å²) in [5.74, 6) is -0.258. The van der Waals surface area contributed by atoms with E-state index in [9.17, 15) is 15.2 Å². The Morgan fingerprint density at radius 2 is 1.80 bits per heavy atom. The summed E-state index contributed by atoms with van der Waals surface area (Å²) in [5.41, 5.74) is 1.90. The van der Waals surface area contributed by atoms with Gasteiger partial charge in [0.2, 0.25) is 5.88 Å². The van der Waals surface area contributed by atoms with Gasteiger partial charge in [-0.1, -0.05) is 30.5 Å². The molecule has 0 amide bonds. The molecule has 25 heavy (non-hydrogen) atoms. The average molecular weight is 336 g/mol. The lowest BCUT2D eigenvalue weighted by molar-refractivity contribution is 0.368. The smallest absolute Gasteiger partial charge is 0.281 e. The van der Waals surface area contributed by atoms with E-state index >= 15 is 0 Å². The van der Waals surface area contributed by atoms with Crippen molar-refractivity contribution in [3.63, 3.8) is 0 Å². The van der Waals surface area contributed by atoms with Crippen LogP contribution in [0.2, 0.25) is 0 Å². The van der Waals surface area contributed by atoms with Gasteiger partial charge in [-0.05, 0) is 38.8 Å². The Hall–Kier alpha value is -2.94. The second-order valence-electron chi connectivity index (χ2n) is 6.43. The summed E-state index contributed by atoms with van der Waals surface area (Å²) in [5, 5.41) is 28.1. The Labute approximate surface area is 146 Å². The number of pyridine rings is 1. The van der Waals surface area contributed by atoms with Crippen molar-refractivity contribution in [2.24, 2.45) is 10.2 Å². The van der Waals surface area contributed by atoms with E-state index in [1.54, 1.807) is 6.92 Å². The maximum absolute atomic E-state index is 12.9. The van der Waals surface area contributed by atoms with E-state index in [0.717, 1.165) is 31.2 Å². The highest BCUT2D eigenvalue weighted by atomic mass is 16.3. The van der Waals surface area contributed by atoms with E-state index in [-0.39, 0.29) is 23.2 Å². The van der Waals surface area contributed by atoms with Gasteiger partial charge in [-0.2, -0.15) is 10.4 Å². The number of benzene rings is 1. The summed E-state index contributed by atoms with van der Waals surface area (Å²) in [6.45, 7) is 3.59. The van der Waals surface area contributed by atoms with Crippen molar-refractivity contribution in [2.45, 2.75) is 45.6 Å². The van der Waals surface area contributed by atoms with Crippen molar-refractivity contribution >= 4 is 11.4 Å². The molecule has 6 heteroatoms. The zero-order chi connectivity index (χ0) is 18.0. The summed E-state index contributed by atoms with van der Waals surface area (Å²) in [4.78, 5) is 12.9. The summed E-state index contributed by atoms with van der Waals surface area (Å²) in [6, 6.07) is 9.35. The van der Waals surface area contributed by atoms with Gasteiger partial charge in [0.25, 0.3) is 5.56 Å². The van der Waals surface area contributed by atoms with Crippen LogP contribution in [0, 0.1) is 25.2 Å². The van der Waals surface area contributed by atoms with Gasteiger partial charge in [0.1, 0.15) is 11.6 Å². The van der Waals surface area contributed by atoms with Crippen molar-refractivity contribution in [1.82, 2.24) is 4.57 Å². The number of nitriles is 1. The van der Waals surface area contributed by atoms with E-state index in [4.69, 9.17) is 0 Å². The van der Waals surface area contributed by atoms with Crippen LogP contribution >= 0.6 is 0 Å². The van der Waals surface area contributed by atoms with E-state index in [1.807, 2.05) is 37.3 Å². The van der Waals surface area contributed by atoms with E-state index < -0.39 is 5.56 Å². The topological polar surface area (TPSA) is 90.7 Å². The van der Waals surface area contributed by atoms with Crippen molar-refractivity contribution in [2.75, 3.05) is 0 Å². The van der Waals surface area contributed by atoms with Crippen LogP contribution in [0.15, 0.2) is 39.3 Å². The van der Waals surface area contributed by atoms with Gasteiger partial charge in [-0.15, -0.1) is 5.11 Å². The van der Waals surface area contributed by atoms with E-state index in [0.29, 0.717) is 11.3 Å². The molecule has 1 heterocycles. The fourth-order valence-corrected chi connectivity index (χ4v) is 3.25. The first kappa shape index (κ1) is 16.9. The minimum Gasteiger partial charge on any atom is -0.493 e. The second kappa shape index (κ2) is 6.89. The lowest BCUT2D eigenvalue weighted by Crippen LogP contribution is -2.24. The number of aryl methyl sites for hydroxylation is 1. The molecule has 0 unspecified atom stereocenters. The van der Waals surface area contributed by atoms with Crippen LogP contribution < -0.4 is 5.56 Å². The Morgan fingerprint density at radius 1 is 1.16 bits per heavy atom. The normalized spacial score (nSPS) is 14.9. The molecule has 0 bridgehead atoms. The molecule has 0 spiro atoms. The minimum absolute atomic E-state index is 0.0874. The predicted molar refractivity (Wildman–Crippen MR) is 94.7 cm³/mol. The second-order valence-corrected chi connectivity index (χ2v) is 6.43. The van der Waals surface area contributed by atoms with Crippen LogP contribution in [0.4, 0.5) is 11.4 Å². The van der Waals surface area contributed by atoms with E-state index in [2.05, 4.69) is 10.2 Å². The molecule has 0 atom stereocenters. The zero-order valence-electron chi connectivity index (χ0n) is 14.4. The van der Waals surface area contributed by atoms with Crippen LogP contribution in [0.3, 0.4) is 0 Å². The maximum atomic E-state index is 12.9. The van der Waals surface area contributed by atoms with Crippen LogP contribution in [0.5, 0.6) is 5.88 Å². The largest absolute Gasteiger partial charge is 0.493 e. The molecule has 1 saturated carbocycles. The molecule has 1 aromatic carbocycles. The molecule has 1 N–H and O–H groups in total. The van der Waals surface area contributed by atoms with Gasteiger partial charge in [0.15, 0.2) is 5.69 Å². The first-order valence-corrected chi connectivity index (χ1v) is 8.39. The average Bonchev–Trinajstić information content (AvgIpc) is 3.11. The van der Waals surface area contributed by atoms with Gasteiger partial charge in [-0.25, -0.2) is 0 Å². The molecular weight excluding hydrogens is 316 g/mol. The SMILES string of the molecule is Cc1ccc(N=Nc2c(C)c(C#N)c(O)n(C3CCCC3)c2=O)cc1. The molecule has 0 aliphatic heterocycles. The number of rotatable bonds is 3. The van der Waals surface area contributed by atoms with Gasteiger partial charge < -0.3 is 5.11 Å². The summed E-state index contributed by atoms with van der Waals surface area (Å²) < 4.78 is 1.32. The van der Waals surface area contributed by atoms with Crippen LogP contribution in [-0.2, 0) is 0 Å². The highest BCUT2D eigenvalue weighted by Crippen LogP contribution is 2.35. The molecular formula is C19H20N4O2. The monoisotopic (exact) mass is 336 g/mol. The maximum Gasteiger partial charge on any atom is 0.281 e. The van der Waals surface area contributed by atoms with Gasteiger partial charge in [0, 0.05) is 11.6 Å². The fourth-order valence-electron chi connectivity index (χ4n) is 3.25. The summed E-state index contributed by atoms with van der Waals surface area (Å²) in [7, 11) is 0. The van der Waals surface area contributed by atoms with Crippen LogP contribution in [-0.4, -0.2) is 9.67 Å². The first-order chi connectivity index (χ1) is 12.0. The molecule has 6 nitrogen and oxygen atoms in total. The molecule has 0 radical (unpaired) electrons. The Morgan fingerprint density at radius 3 is 2.40 bits per heavy atom. The van der Waals surface area contributed by atoms with Gasteiger partial charge >= 0.3 is 0 Å². The lowest BCUT2D eigenvalue weighted by Gasteiger charge is -2.18. The van der Waals surface area contributed by atoms with Gasteiger partial charge in [0.05, 0.1) is 5.69 Å². The van der Waals surface area contributed by atoms with Crippen molar-refractivity contribution < 1.29 is 5.11 Å². The molecule has 128 valence electrons. The number of aromatic hydroxyl groups is 1. The standard InChI is InChI=1S/C19H20N4O2/c1-12-7-9-14(10-8-12)21-22-17-13(2)16(11-20)18(24)23(19(17)25)15-5-3-4-6-15/h7-10,15,24H,3-6H2,1-2H3. The molecule has 0 saturated heterocycles. The number of aromatic nitrogens is 1. The van der Waals surface area contributed by atoms with Crippen molar-refractivity contribution in [1.29, 1.82) is 5.26 Å². The third kappa shape index (κ3) is 3.18. The van der Waals surface area contributed by atoms with Crippen molar-refractivity contribution in [3.05, 3.63) is 51.3 Å². The Bertz CT molecular complexity index is 914. The van der Waals surface area contributed by atoms with Gasteiger partial charge in [-0.3, -0.25) is 9.36 Å². The molecule has 1 fully saturated rings. The Kier molecular flexibility index (Phi) is 4.66. The fraction of sp³-hybridized carbons (Fsp3) is 0.368. The molecule has 1 aromatic heterocycles. The first-order valence-electron chi connectivity index (χ1n) is 8.39. The Balaban J connectivity index is 2.12. The number of hydrogen-bond donors (Lipinski definition) is 1. The lowest BCUT2D eigenvalue weighted by atomic mass is 10.1. The molecule has 1 aliphatic carbocycles. The molecule has 2 aromatic rings. The quantitative estimate of drug-likeness (QED) is 0.832. The van der Waals surface area contributed by atoms with Crippen molar-refractivity contribution in [3.8, 4) is 11.9 Å². The highest BCUT2D eigenvalue weighted by molar-refractivity contribution is 5.57. The highest BCUT2D eigenvalue weighted by Gasteiger charge is 2.26. The molecule has 3 rings (SSSR count). The number of azo groups is 1. The summed E-state index contributed by atoms with van der Waals surface area (Å²) >= 11 is 0. The zero-order valence-corrected chi connectivity index (χ0v) is 14.4. The predicted octanol–water partition coefficient (Wildman–Crippen LogP) is 4.57. The third-order valence-corrected chi connectivity index (χ3v) is 4.70. The number of nitrogens with zero attached hydrogens (tertiary/aromatic N) is 4. The third-order valence-electron chi connectivity index (χ3n) is 4.70. The summed E-state index contributed by atoms with van der Waals surface area (Å²) in [6.07, 6.45) is 3.64. The van der Waals surface area contributed by atoms with E-state index in [1.165, 1.54) is 4.57 Å². The van der Waals surface area contributed by atoms with Crippen LogP contribution in [0.25, 0.3) is 0 Å². The molecule has 1 aliphatic rings. The number of hydrogen-bond acceptors (Lipinski definition) is 5. The minimum atomic E-state index is -0.392. The van der Waals surface area contributed by atoms with Crippen LogP contribution in [0.1, 0.15) is 48.4 Å².